The monoisotopic (exact) mass is 278 g/mol. The van der Waals surface area contributed by atoms with Crippen LogP contribution < -0.4 is 5.32 Å². The molecule has 0 aliphatic heterocycles. The number of aryl methyl sites for hydroxylation is 1. The fourth-order valence-corrected chi connectivity index (χ4v) is 3.04. The molecule has 0 bridgehead atoms. The molecular formula is C14H22N4S. The van der Waals surface area contributed by atoms with Crippen LogP contribution in [0.25, 0.3) is 0 Å². The highest BCUT2D eigenvalue weighted by Gasteiger charge is 2.11. The molecule has 1 N–H and O–H groups in total. The van der Waals surface area contributed by atoms with Crippen molar-refractivity contribution in [3.05, 3.63) is 33.0 Å². The molecule has 2 heterocycles. The van der Waals surface area contributed by atoms with Crippen molar-refractivity contribution in [2.45, 2.75) is 47.2 Å². The van der Waals surface area contributed by atoms with Gasteiger partial charge < -0.3 is 5.32 Å². The molecule has 0 unspecified atom stereocenters. The van der Waals surface area contributed by atoms with E-state index in [1.807, 2.05) is 0 Å². The second-order valence-electron chi connectivity index (χ2n) is 4.67. The summed E-state index contributed by atoms with van der Waals surface area (Å²) in [5.41, 5.74) is 4.87. The summed E-state index contributed by atoms with van der Waals surface area (Å²) in [5, 5.41) is 11.2. The second kappa shape index (κ2) is 6.30. The predicted octanol–water partition coefficient (Wildman–Crippen LogP) is 2.68. The summed E-state index contributed by atoms with van der Waals surface area (Å²) in [6.45, 7) is 11.1. The average Bonchev–Trinajstić information content (AvgIpc) is 2.93. The van der Waals surface area contributed by atoms with Gasteiger partial charge in [-0.25, -0.2) is 4.98 Å². The van der Waals surface area contributed by atoms with E-state index in [1.165, 1.54) is 11.3 Å². The molecule has 0 spiro atoms. The summed E-state index contributed by atoms with van der Waals surface area (Å²) < 4.78 is 2.07. The van der Waals surface area contributed by atoms with Gasteiger partial charge in [0.15, 0.2) is 0 Å². The van der Waals surface area contributed by atoms with Gasteiger partial charge >= 0.3 is 0 Å². The van der Waals surface area contributed by atoms with Gasteiger partial charge in [0.05, 0.1) is 17.9 Å². The van der Waals surface area contributed by atoms with E-state index >= 15 is 0 Å². The number of thiazole rings is 1. The third kappa shape index (κ3) is 3.22. The van der Waals surface area contributed by atoms with Crippen molar-refractivity contribution >= 4 is 11.3 Å². The average molecular weight is 278 g/mol. The second-order valence-corrected chi connectivity index (χ2v) is 5.62. The van der Waals surface area contributed by atoms with E-state index in [1.54, 1.807) is 11.3 Å². The third-order valence-corrected chi connectivity index (χ3v) is 4.22. The molecule has 0 aromatic carbocycles. The lowest BCUT2D eigenvalue weighted by molar-refractivity contribution is 0.644. The minimum Gasteiger partial charge on any atom is -0.311 e. The van der Waals surface area contributed by atoms with Gasteiger partial charge in [-0.05, 0) is 32.4 Å². The van der Waals surface area contributed by atoms with Gasteiger partial charge in [-0.2, -0.15) is 5.10 Å². The lowest BCUT2D eigenvalue weighted by Gasteiger charge is -2.02. The molecule has 0 saturated carbocycles. The molecule has 2 aromatic heterocycles. The summed E-state index contributed by atoms with van der Waals surface area (Å²) in [5.74, 6) is 0. The van der Waals surface area contributed by atoms with E-state index in [0.717, 1.165) is 42.5 Å². The summed E-state index contributed by atoms with van der Waals surface area (Å²) >= 11 is 1.72. The van der Waals surface area contributed by atoms with Crippen molar-refractivity contribution < 1.29 is 0 Å². The zero-order chi connectivity index (χ0) is 13.8. The molecule has 0 fully saturated rings. The van der Waals surface area contributed by atoms with Gasteiger partial charge in [0.25, 0.3) is 0 Å². The van der Waals surface area contributed by atoms with Crippen molar-refractivity contribution in [3.8, 4) is 0 Å². The van der Waals surface area contributed by atoms with Crippen molar-refractivity contribution in [2.24, 2.45) is 0 Å². The largest absolute Gasteiger partial charge is 0.311 e. The first-order valence-corrected chi connectivity index (χ1v) is 7.70. The zero-order valence-electron chi connectivity index (χ0n) is 12.2. The minimum atomic E-state index is 0.773. The van der Waals surface area contributed by atoms with Crippen LogP contribution in [0.15, 0.2) is 5.38 Å². The third-order valence-electron chi connectivity index (χ3n) is 3.32. The number of aromatic nitrogens is 3. The Morgan fingerprint density at radius 3 is 2.74 bits per heavy atom. The van der Waals surface area contributed by atoms with Crippen LogP contribution in [0.1, 0.15) is 41.5 Å². The van der Waals surface area contributed by atoms with Crippen LogP contribution in [0, 0.1) is 13.8 Å². The van der Waals surface area contributed by atoms with Crippen LogP contribution in [0.2, 0.25) is 0 Å². The van der Waals surface area contributed by atoms with Gasteiger partial charge in [-0.3, -0.25) is 4.68 Å². The van der Waals surface area contributed by atoms with Gasteiger partial charge in [-0.15, -0.1) is 11.3 Å². The fraction of sp³-hybridized carbons (Fsp3) is 0.571. The van der Waals surface area contributed by atoms with Crippen molar-refractivity contribution in [3.63, 3.8) is 0 Å². The van der Waals surface area contributed by atoms with E-state index < -0.39 is 0 Å². The van der Waals surface area contributed by atoms with Crippen LogP contribution in [0.5, 0.6) is 0 Å². The van der Waals surface area contributed by atoms with Gasteiger partial charge in [0, 0.05) is 17.6 Å². The Balaban J connectivity index is 2.10. The first-order valence-electron chi connectivity index (χ1n) is 6.82. The Bertz CT molecular complexity index is 542. The smallest absolute Gasteiger partial charge is 0.107 e. The Hall–Kier alpha value is -1.20. The lowest BCUT2D eigenvalue weighted by Crippen LogP contribution is -2.11. The molecule has 4 nitrogen and oxygen atoms in total. The molecule has 2 rings (SSSR count). The first-order chi connectivity index (χ1) is 9.15. The van der Waals surface area contributed by atoms with E-state index in [0.29, 0.717) is 0 Å². The topological polar surface area (TPSA) is 42.7 Å². The number of hydrogen-bond acceptors (Lipinski definition) is 4. The summed E-state index contributed by atoms with van der Waals surface area (Å²) in [7, 11) is 0. The lowest BCUT2D eigenvalue weighted by atomic mass is 10.1. The molecule has 0 radical (unpaired) electrons. The van der Waals surface area contributed by atoms with E-state index in [9.17, 15) is 0 Å². The van der Waals surface area contributed by atoms with Gasteiger partial charge in [0.1, 0.15) is 5.01 Å². The van der Waals surface area contributed by atoms with E-state index in [2.05, 4.69) is 53.2 Å². The van der Waals surface area contributed by atoms with Crippen molar-refractivity contribution in [2.75, 3.05) is 6.54 Å². The highest BCUT2D eigenvalue weighted by molar-refractivity contribution is 7.09. The molecule has 0 atom stereocenters. The molecule has 19 heavy (non-hydrogen) atoms. The summed E-state index contributed by atoms with van der Waals surface area (Å²) in [6.07, 6.45) is 1.04. The van der Waals surface area contributed by atoms with Crippen LogP contribution in [0.3, 0.4) is 0 Å². The SMILES string of the molecule is CCNCc1nc(Cn2nc(C)c(CC)c2C)cs1. The van der Waals surface area contributed by atoms with Crippen LogP contribution in [-0.2, 0) is 19.5 Å². The number of hydrogen-bond donors (Lipinski definition) is 1. The maximum Gasteiger partial charge on any atom is 0.107 e. The van der Waals surface area contributed by atoms with Crippen molar-refractivity contribution in [1.29, 1.82) is 0 Å². The maximum absolute atomic E-state index is 4.64. The maximum atomic E-state index is 4.64. The highest BCUT2D eigenvalue weighted by atomic mass is 32.1. The standard InChI is InChI=1S/C14H22N4S/c1-5-13-10(3)17-18(11(13)4)8-12-9-19-14(16-12)7-15-6-2/h9,15H,5-8H2,1-4H3. The molecular weight excluding hydrogens is 256 g/mol. The molecule has 104 valence electrons. The van der Waals surface area contributed by atoms with Crippen LogP contribution in [0.4, 0.5) is 0 Å². The Morgan fingerprint density at radius 2 is 2.11 bits per heavy atom. The Kier molecular flexibility index (Phi) is 4.71. The number of nitrogens with one attached hydrogen (secondary N) is 1. The van der Waals surface area contributed by atoms with Gasteiger partial charge in [0.2, 0.25) is 0 Å². The molecule has 0 saturated heterocycles. The predicted molar refractivity (Wildman–Crippen MR) is 79.7 cm³/mol. The quantitative estimate of drug-likeness (QED) is 0.883. The van der Waals surface area contributed by atoms with E-state index in [4.69, 9.17) is 0 Å². The van der Waals surface area contributed by atoms with E-state index in [-0.39, 0.29) is 0 Å². The molecule has 0 aliphatic carbocycles. The highest BCUT2D eigenvalue weighted by Crippen LogP contribution is 2.16. The normalized spacial score (nSPS) is 11.2. The van der Waals surface area contributed by atoms with Gasteiger partial charge in [-0.1, -0.05) is 13.8 Å². The zero-order valence-corrected chi connectivity index (χ0v) is 13.0. The number of rotatable bonds is 6. The molecule has 0 amide bonds. The Labute approximate surface area is 118 Å². The van der Waals surface area contributed by atoms with Crippen LogP contribution in [-0.4, -0.2) is 21.3 Å². The summed E-state index contributed by atoms with van der Waals surface area (Å²) in [4.78, 5) is 4.64. The first kappa shape index (κ1) is 14.2. The minimum absolute atomic E-state index is 0.773. The molecule has 5 heteroatoms. The number of nitrogens with zero attached hydrogens (tertiary/aromatic N) is 3. The molecule has 2 aromatic rings. The molecule has 0 aliphatic rings. The Morgan fingerprint density at radius 1 is 1.32 bits per heavy atom. The fourth-order valence-electron chi connectivity index (χ4n) is 2.29. The van der Waals surface area contributed by atoms with Crippen LogP contribution >= 0.6 is 11.3 Å². The van der Waals surface area contributed by atoms with Crippen molar-refractivity contribution in [1.82, 2.24) is 20.1 Å². The summed E-state index contributed by atoms with van der Waals surface area (Å²) in [6, 6.07) is 0.